The number of thiazole rings is 1. The van der Waals surface area contributed by atoms with E-state index in [-0.39, 0.29) is 17.2 Å². The maximum Gasteiger partial charge on any atom is 0.269 e. The number of fused-ring (bicyclic) bond motifs is 1. The first-order chi connectivity index (χ1) is 14.1. The van der Waals surface area contributed by atoms with Crippen LogP contribution >= 0.6 is 11.3 Å². The van der Waals surface area contributed by atoms with Crippen molar-refractivity contribution in [1.29, 1.82) is 0 Å². The molecule has 0 aliphatic carbocycles. The first-order valence-corrected chi connectivity index (χ1v) is 9.60. The van der Waals surface area contributed by atoms with Crippen LogP contribution in [0, 0.1) is 0 Å². The lowest BCUT2D eigenvalue weighted by Gasteiger charge is -2.06. The van der Waals surface area contributed by atoms with E-state index in [2.05, 4.69) is 25.6 Å². The number of pyridine rings is 2. The predicted octanol–water partition coefficient (Wildman–Crippen LogP) is 3.14. The van der Waals surface area contributed by atoms with E-state index in [0.717, 1.165) is 20.9 Å². The molecule has 9 heteroatoms. The monoisotopic (exact) mass is 407 g/mol. The van der Waals surface area contributed by atoms with E-state index >= 15 is 0 Å². The molecule has 146 valence electrons. The van der Waals surface area contributed by atoms with Gasteiger partial charge in [-0.25, -0.2) is 4.98 Å². The summed E-state index contributed by atoms with van der Waals surface area (Å²) in [4.78, 5) is 34.3. The number of nitrogens with one attached hydrogen (secondary N) is 3. The van der Waals surface area contributed by atoms with Crippen LogP contribution in [-0.4, -0.2) is 27.9 Å². The van der Waals surface area contributed by atoms with Crippen molar-refractivity contribution in [3.63, 3.8) is 0 Å². The van der Waals surface area contributed by atoms with Gasteiger partial charge < -0.3 is 20.4 Å². The minimum Gasteiger partial charge on any atom is -0.457 e. The topological polar surface area (TPSA) is 109 Å². The summed E-state index contributed by atoms with van der Waals surface area (Å²) in [5.74, 6) is 0.885. The third kappa shape index (κ3) is 4.41. The number of benzene rings is 1. The summed E-state index contributed by atoms with van der Waals surface area (Å²) in [6, 6.07) is 12.3. The van der Waals surface area contributed by atoms with Crippen LogP contribution in [0.5, 0.6) is 11.5 Å². The van der Waals surface area contributed by atoms with Crippen LogP contribution in [0.3, 0.4) is 0 Å². The van der Waals surface area contributed by atoms with Crippen molar-refractivity contribution in [2.24, 2.45) is 0 Å². The fourth-order valence-corrected chi connectivity index (χ4v) is 3.57. The molecule has 4 aromatic rings. The molecule has 1 amide bonds. The highest BCUT2D eigenvalue weighted by molar-refractivity contribution is 7.22. The highest BCUT2D eigenvalue weighted by Gasteiger charge is 2.09. The minimum absolute atomic E-state index is 0.133. The second kappa shape index (κ2) is 8.11. The molecule has 0 bridgehead atoms. The summed E-state index contributed by atoms with van der Waals surface area (Å²) in [6.45, 7) is 0.506. The maximum absolute atomic E-state index is 11.7. The van der Waals surface area contributed by atoms with Crippen LogP contribution in [0.4, 0.5) is 5.13 Å². The van der Waals surface area contributed by atoms with Crippen molar-refractivity contribution in [2.75, 3.05) is 12.4 Å². The van der Waals surface area contributed by atoms with Gasteiger partial charge in [0.1, 0.15) is 17.2 Å². The van der Waals surface area contributed by atoms with E-state index in [1.165, 1.54) is 17.5 Å². The first kappa shape index (κ1) is 18.6. The molecule has 0 aliphatic rings. The Hall–Kier alpha value is -3.72. The molecule has 1 aromatic carbocycles. The van der Waals surface area contributed by atoms with Crippen molar-refractivity contribution < 1.29 is 9.53 Å². The van der Waals surface area contributed by atoms with Crippen molar-refractivity contribution in [3.05, 3.63) is 76.5 Å². The molecule has 3 heterocycles. The summed E-state index contributed by atoms with van der Waals surface area (Å²) >= 11 is 1.49. The number of anilines is 1. The van der Waals surface area contributed by atoms with Crippen LogP contribution in [0.15, 0.2) is 59.7 Å². The number of carbonyl (C=O) groups is 1. The molecular weight excluding hydrogens is 390 g/mol. The Bertz CT molecular complexity index is 1230. The largest absolute Gasteiger partial charge is 0.457 e. The molecule has 0 radical (unpaired) electrons. The van der Waals surface area contributed by atoms with Crippen molar-refractivity contribution in [2.45, 2.75) is 6.54 Å². The Kier molecular flexibility index (Phi) is 5.21. The number of aromatic nitrogens is 3. The lowest BCUT2D eigenvalue weighted by atomic mass is 10.3. The Morgan fingerprint density at radius 1 is 1.17 bits per heavy atom. The SMILES string of the molecule is CNC(=O)c1cc(Oc2ccc3nc(NCc4cc[nH]c(=O)c4)sc3c2)ccn1. The molecular formula is C20H17N5O3S. The lowest BCUT2D eigenvalue weighted by molar-refractivity contribution is 0.0958. The Morgan fingerprint density at radius 3 is 2.86 bits per heavy atom. The van der Waals surface area contributed by atoms with E-state index in [1.807, 2.05) is 24.3 Å². The predicted molar refractivity (Wildman–Crippen MR) is 112 cm³/mol. The fourth-order valence-electron chi connectivity index (χ4n) is 2.68. The van der Waals surface area contributed by atoms with Crippen LogP contribution in [-0.2, 0) is 6.54 Å². The van der Waals surface area contributed by atoms with Crippen molar-refractivity contribution in [3.8, 4) is 11.5 Å². The van der Waals surface area contributed by atoms with Gasteiger partial charge in [-0.2, -0.15) is 0 Å². The lowest BCUT2D eigenvalue weighted by Crippen LogP contribution is -2.18. The number of amides is 1. The standard InChI is InChI=1S/C20H17N5O3S/c1-21-19(27)16-9-14(5-7-22-16)28-13-2-3-15-17(10-13)29-20(25-15)24-11-12-4-6-23-18(26)8-12/h2-10H,11H2,1H3,(H,21,27)(H,23,26)(H,24,25). The number of H-pyrrole nitrogens is 1. The highest BCUT2D eigenvalue weighted by Crippen LogP contribution is 2.31. The summed E-state index contributed by atoms with van der Waals surface area (Å²) < 4.78 is 6.83. The maximum atomic E-state index is 11.7. The quantitative estimate of drug-likeness (QED) is 0.453. The van der Waals surface area contributed by atoms with Gasteiger partial charge in [0.2, 0.25) is 5.56 Å². The Morgan fingerprint density at radius 2 is 2.03 bits per heavy atom. The molecule has 0 atom stereocenters. The summed E-state index contributed by atoms with van der Waals surface area (Å²) in [5, 5.41) is 6.52. The van der Waals surface area contributed by atoms with Crippen molar-refractivity contribution >= 4 is 32.6 Å². The number of rotatable bonds is 6. The van der Waals surface area contributed by atoms with Gasteiger partial charge in [-0.1, -0.05) is 11.3 Å². The smallest absolute Gasteiger partial charge is 0.269 e. The molecule has 8 nitrogen and oxygen atoms in total. The average Bonchev–Trinajstić information content (AvgIpc) is 3.14. The van der Waals surface area contributed by atoms with Crippen LogP contribution in [0.2, 0.25) is 0 Å². The number of ether oxygens (including phenoxy) is 1. The summed E-state index contributed by atoms with van der Waals surface area (Å²) in [7, 11) is 1.55. The van der Waals surface area contributed by atoms with Crippen molar-refractivity contribution in [1.82, 2.24) is 20.3 Å². The van der Waals surface area contributed by atoms with Crippen LogP contribution < -0.4 is 20.9 Å². The molecule has 4 rings (SSSR count). The van der Waals surface area contributed by atoms with Gasteiger partial charge in [0.05, 0.1) is 10.2 Å². The van der Waals surface area contributed by atoms with Gasteiger partial charge in [-0.05, 0) is 29.8 Å². The average molecular weight is 407 g/mol. The van der Waals surface area contributed by atoms with Crippen LogP contribution in [0.25, 0.3) is 10.2 Å². The van der Waals surface area contributed by atoms with E-state index in [9.17, 15) is 9.59 Å². The molecule has 0 saturated heterocycles. The number of aromatic amines is 1. The minimum atomic E-state index is -0.274. The van der Waals surface area contributed by atoms with E-state index in [1.54, 1.807) is 31.4 Å². The van der Waals surface area contributed by atoms with Gasteiger partial charge in [0.25, 0.3) is 5.91 Å². The zero-order chi connectivity index (χ0) is 20.2. The normalized spacial score (nSPS) is 10.7. The molecule has 0 fully saturated rings. The van der Waals surface area contributed by atoms with Gasteiger partial charge in [0, 0.05) is 44.2 Å². The first-order valence-electron chi connectivity index (χ1n) is 8.79. The fraction of sp³-hybridized carbons (Fsp3) is 0.100. The molecule has 29 heavy (non-hydrogen) atoms. The Labute approximate surface area is 169 Å². The van der Waals surface area contributed by atoms with E-state index < -0.39 is 0 Å². The number of hydrogen-bond acceptors (Lipinski definition) is 7. The van der Waals surface area contributed by atoms with Crippen LogP contribution in [0.1, 0.15) is 16.1 Å². The summed E-state index contributed by atoms with van der Waals surface area (Å²) in [5.41, 5.74) is 1.87. The van der Waals surface area contributed by atoms with Gasteiger partial charge in [-0.3, -0.25) is 14.6 Å². The molecule has 0 saturated carbocycles. The third-order valence-electron chi connectivity index (χ3n) is 4.07. The molecule has 3 aromatic heterocycles. The van der Waals surface area contributed by atoms with Gasteiger partial charge in [-0.15, -0.1) is 0 Å². The zero-order valence-corrected chi connectivity index (χ0v) is 16.2. The number of nitrogens with zero attached hydrogens (tertiary/aromatic N) is 2. The molecule has 0 unspecified atom stereocenters. The second-order valence-corrected chi connectivity index (χ2v) is 7.15. The molecule has 0 aliphatic heterocycles. The number of carbonyl (C=O) groups excluding carboxylic acids is 1. The summed E-state index contributed by atoms with van der Waals surface area (Å²) in [6.07, 6.45) is 3.15. The van der Waals surface area contributed by atoms with E-state index in [0.29, 0.717) is 18.0 Å². The third-order valence-corrected chi connectivity index (χ3v) is 5.05. The highest BCUT2D eigenvalue weighted by atomic mass is 32.1. The molecule has 0 spiro atoms. The van der Waals surface area contributed by atoms with E-state index in [4.69, 9.17) is 4.74 Å². The molecule has 3 N–H and O–H groups in total. The second-order valence-electron chi connectivity index (χ2n) is 6.12. The van der Waals surface area contributed by atoms with Gasteiger partial charge >= 0.3 is 0 Å². The zero-order valence-electron chi connectivity index (χ0n) is 15.4. The number of hydrogen-bond donors (Lipinski definition) is 3. The Balaban J connectivity index is 1.49. The van der Waals surface area contributed by atoms with Gasteiger partial charge in [0.15, 0.2) is 5.13 Å².